The van der Waals surface area contributed by atoms with Crippen LogP contribution in [0, 0.1) is 17.4 Å². The molecule has 0 bridgehead atoms. The van der Waals surface area contributed by atoms with E-state index < -0.39 is 0 Å². The predicted molar refractivity (Wildman–Crippen MR) is 70.3 cm³/mol. The highest BCUT2D eigenvalue weighted by Crippen LogP contribution is 2.22. The number of aryl methyl sites for hydroxylation is 2. The summed E-state index contributed by atoms with van der Waals surface area (Å²) in [6, 6.07) is 6.04. The van der Waals surface area contributed by atoms with Crippen molar-refractivity contribution >= 4 is 44.0 Å². The van der Waals surface area contributed by atoms with Crippen LogP contribution in [0.1, 0.15) is 10.4 Å². The molecule has 0 aliphatic rings. The summed E-state index contributed by atoms with van der Waals surface area (Å²) in [6.45, 7) is 4.00. The molecule has 1 aromatic heterocycles. The van der Waals surface area contributed by atoms with Gasteiger partial charge in [0.05, 0.1) is 3.57 Å². The van der Waals surface area contributed by atoms with Crippen molar-refractivity contribution in [3.63, 3.8) is 0 Å². The Morgan fingerprint density at radius 3 is 2.71 bits per heavy atom. The van der Waals surface area contributed by atoms with Crippen molar-refractivity contribution in [2.75, 3.05) is 0 Å². The van der Waals surface area contributed by atoms with Crippen LogP contribution < -0.4 is 5.43 Å². The average Bonchev–Trinajstić information content (AvgIpc) is 2.16. The quantitative estimate of drug-likeness (QED) is 0.680. The second kappa shape index (κ2) is 3.62. The first-order valence-corrected chi connectivity index (χ1v) is 6.18. The van der Waals surface area contributed by atoms with Crippen LogP contribution in [0.2, 0.25) is 0 Å². The van der Waals surface area contributed by atoms with Gasteiger partial charge in [0.15, 0.2) is 0 Å². The van der Waals surface area contributed by atoms with Gasteiger partial charge < -0.3 is 0 Å². The standard InChI is InChI=1S/C11H9IOS/c1-6-3-4-9-8(5-6)11(13)10(12)7(2)14-9/h3-5H,1-2H3. The predicted octanol–water partition coefficient (Wildman–Crippen LogP) is 3.48. The minimum Gasteiger partial charge on any atom is -0.288 e. The molecule has 72 valence electrons. The fourth-order valence-corrected chi connectivity index (χ4v) is 2.93. The highest BCUT2D eigenvalue weighted by atomic mass is 127. The third-order valence-corrected chi connectivity index (χ3v) is 4.90. The van der Waals surface area contributed by atoms with E-state index in [2.05, 4.69) is 22.6 Å². The van der Waals surface area contributed by atoms with Gasteiger partial charge in [0.25, 0.3) is 0 Å². The van der Waals surface area contributed by atoms with Crippen LogP contribution in [0.5, 0.6) is 0 Å². The van der Waals surface area contributed by atoms with E-state index >= 15 is 0 Å². The van der Waals surface area contributed by atoms with Gasteiger partial charge in [-0.15, -0.1) is 11.3 Å². The normalized spacial score (nSPS) is 10.8. The number of hydrogen-bond donors (Lipinski definition) is 0. The van der Waals surface area contributed by atoms with Crippen molar-refractivity contribution in [1.82, 2.24) is 0 Å². The SMILES string of the molecule is Cc1ccc2sc(C)c(I)c(=O)c2c1. The van der Waals surface area contributed by atoms with E-state index in [9.17, 15) is 4.79 Å². The number of halogens is 1. The zero-order valence-corrected chi connectivity index (χ0v) is 10.9. The van der Waals surface area contributed by atoms with E-state index in [0.29, 0.717) is 0 Å². The Kier molecular flexibility index (Phi) is 2.62. The van der Waals surface area contributed by atoms with Crippen molar-refractivity contribution < 1.29 is 0 Å². The van der Waals surface area contributed by atoms with Crippen LogP contribution in [0.3, 0.4) is 0 Å². The van der Waals surface area contributed by atoms with Crippen molar-refractivity contribution in [3.8, 4) is 0 Å². The Hall–Kier alpha value is -0.420. The fraction of sp³-hybridized carbons (Fsp3) is 0.182. The Morgan fingerprint density at radius 2 is 2.00 bits per heavy atom. The summed E-state index contributed by atoms with van der Waals surface area (Å²) >= 11 is 3.81. The second-order valence-electron chi connectivity index (χ2n) is 3.30. The number of hydrogen-bond acceptors (Lipinski definition) is 2. The monoisotopic (exact) mass is 316 g/mol. The van der Waals surface area contributed by atoms with E-state index in [0.717, 1.165) is 24.1 Å². The van der Waals surface area contributed by atoms with Crippen LogP contribution in [0.4, 0.5) is 0 Å². The topological polar surface area (TPSA) is 17.1 Å². The molecule has 0 spiro atoms. The summed E-state index contributed by atoms with van der Waals surface area (Å²) in [6.07, 6.45) is 0. The van der Waals surface area contributed by atoms with Crippen molar-refractivity contribution in [1.29, 1.82) is 0 Å². The zero-order chi connectivity index (χ0) is 10.3. The van der Waals surface area contributed by atoms with E-state index in [4.69, 9.17) is 0 Å². The van der Waals surface area contributed by atoms with Crippen LogP contribution in [-0.2, 0) is 0 Å². The molecule has 3 heteroatoms. The van der Waals surface area contributed by atoms with E-state index in [-0.39, 0.29) is 5.43 Å². The lowest BCUT2D eigenvalue weighted by Gasteiger charge is -2.01. The molecule has 0 atom stereocenters. The molecular weight excluding hydrogens is 307 g/mol. The maximum atomic E-state index is 11.9. The number of fused-ring (bicyclic) bond motifs is 1. The molecule has 0 aliphatic heterocycles. The first kappa shape index (κ1) is 10.1. The molecule has 0 aliphatic carbocycles. The van der Waals surface area contributed by atoms with Gasteiger partial charge in [-0.25, -0.2) is 0 Å². The van der Waals surface area contributed by atoms with E-state index in [1.165, 1.54) is 0 Å². The van der Waals surface area contributed by atoms with E-state index in [1.807, 2.05) is 32.0 Å². The molecular formula is C11H9IOS. The van der Waals surface area contributed by atoms with E-state index in [1.54, 1.807) is 11.3 Å². The third kappa shape index (κ3) is 1.59. The van der Waals surface area contributed by atoms with Gasteiger partial charge in [-0.3, -0.25) is 4.79 Å². The van der Waals surface area contributed by atoms with Crippen molar-refractivity contribution in [2.24, 2.45) is 0 Å². The Bertz CT molecular complexity index is 557. The molecule has 0 saturated carbocycles. The van der Waals surface area contributed by atoms with Gasteiger partial charge in [0.2, 0.25) is 5.43 Å². The highest BCUT2D eigenvalue weighted by molar-refractivity contribution is 14.1. The summed E-state index contributed by atoms with van der Waals surface area (Å²) < 4.78 is 1.93. The molecule has 14 heavy (non-hydrogen) atoms. The minimum absolute atomic E-state index is 0.167. The summed E-state index contributed by atoms with van der Waals surface area (Å²) in [5.74, 6) is 0. The molecule has 0 saturated heterocycles. The lowest BCUT2D eigenvalue weighted by molar-refractivity contribution is 1.47. The molecule has 1 aromatic carbocycles. The van der Waals surface area contributed by atoms with Crippen LogP contribution in [0.15, 0.2) is 23.0 Å². The molecule has 0 amide bonds. The maximum absolute atomic E-state index is 11.9. The van der Waals surface area contributed by atoms with Gasteiger partial charge in [0.1, 0.15) is 0 Å². The Balaban J connectivity index is 2.99. The smallest absolute Gasteiger partial charge is 0.201 e. The largest absolute Gasteiger partial charge is 0.288 e. The lowest BCUT2D eigenvalue weighted by Crippen LogP contribution is -2.06. The van der Waals surface area contributed by atoms with Gasteiger partial charge in [0, 0.05) is 15.0 Å². The average molecular weight is 316 g/mol. The molecule has 0 radical (unpaired) electrons. The maximum Gasteiger partial charge on any atom is 0.201 e. The molecule has 1 nitrogen and oxygen atoms in total. The number of rotatable bonds is 0. The first-order valence-electron chi connectivity index (χ1n) is 4.29. The van der Waals surface area contributed by atoms with Gasteiger partial charge in [-0.05, 0) is 48.6 Å². The highest BCUT2D eigenvalue weighted by Gasteiger charge is 2.06. The lowest BCUT2D eigenvalue weighted by atomic mass is 10.2. The summed E-state index contributed by atoms with van der Waals surface area (Å²) in [4.78, 5) is 13.0. The van der Waals surface area contributed by atoms with Crippen LogP contribution >= 0.6 is 33.9 Å². The molecule has 1 heterocycles. The van der Waals surface area contributed by atoms with Crippen molar-refractivity contribution in [2.45, 2.75) is 13.8 Å². The molecule has 2 aromatic rings. The summed E-state index contributed by atoms with van der Waals surface area (Å²) in [5, 5.41) is 0.852. The molecule has 0 N–H and O–H groups in total. The fourth-order valence-electron chi connectivity index (χ4n) is 1.40. The number of benzene rings is 1. The van der Waals surface area contributed by atoms with Gasteiger partial charge in [-0.2, -0.15) is 0 Å². The third-order valence-electron chi connectivity index (χ3n) is 2.15. The van der Waals surface area contributed by atoms with Crippen LogP contribution in [-0.4, -0.2) is 0 Å². The molecule has 2 rings (SSSR count). The summed E-state index contributed by atoms with van der Waals surface area (Å²) in [5.41, 5.74) is 1.31. The van der Waals surface area contributed by atoms with Crippen LogP contribution in [0.25, 0.3) is 10.1 Å². The Morgan fingerprint density at radius 1 is 1.29 bits per heavy atom. The minimum atomic E-state index is 0.167. The Labute approximate surface area is 99.9 Å². The molecule has 0 fully saturated rings. The van der Waals surface area contributed by atoms with Crippen molar-refractivity contribution in [3.05, 3.63) is 42.4 Å². The first-order chi connectivity index (χ1) is 6.59. The summed E-state index contributed by atoms with van der Waals surface area (Å²) in [7, 11) is 0. The van der Waals surface area contributed by atoms with Gasteiger partial charge in [-0.1, -0.05) is 11.6 Å². The zero-order valence-electron chi connectivity index (χ0n) is 7.93. The molecule has 0 unspecified atom stereocenters. The van der Waals surface area contributed by atoms with Gasteiger partial charge >= 0.3 is 0 Å². The second-order valence-corrected chi connectivity index (χ2v) is 5.64.